The van der Waals surface area contributed by atoms with E-state index in [1.54, 1.807) is 61.5 Å². The zero-order chi connectivity index (χ0) is 19.6. The smallest absolute Gasteiger partial charge is 0.279 e. The van der Waals surface area contributed by atoms with Gasteiger partial charge in [0.2, 0.25) is 0 Å². The van der Waals surface area contributed by atoms with Gasteiger partial charge >= 0.3 is 0 Å². The maximum atomic E-state index is 12.3. The number of hydrogen-bond donors (Lipinski definition) is 2. The molecule has 0 spiro atoms. The highest BCUT2D eigenvalue weighted by atomic mass is 16.5. The largest absolute Gasteiger partial charge is 0.493 e. The number of methoxy groups -OCH3 is 1. The standard InChI is InChI=1S/C20H22N2O5/c1-4-13-26-16-10-6-5-9-15(16)20(24)22-21-19(23)14(2)27-18-12-8-7-11-17(18)25-3/h4-12,14H,1,13H2,2-3H3,(H,21,23)(H,22,24). The van der Waals surface area contributed by atoms with Crippen molar-refractivity contribution in [3.8, 4) is 17.2 Å². The van der Waals surface area contributed by atoms with E-state index in [1.807, 2.05) is 0 Å². The van der Waals surface area contributed by atoms with E-state index in [2.05, 4.69) is 17.4 Å². The summed E-state index contributed by atoms with van der Waals surface area (Å²) >= 11 is 0. The Kier molecular flexibility index (Phi) is 7.25. The topological polar surface area (TPSA) is 85.9 Å². The quantitative estimate of drug-likeness (QED) is 0.551. The Hall–Kier alpha value is -3.48. The van der Waals surface area contributed by atoms with E-state index in [1.165, 1.54) is 7.11 Å². The molecule has 1 atom stereocenters. The predicted octanol–water partition coefficient (Wildman–Crippen LogP) is 2.49. The monoisotopic (exact) mass is 370 g/mol. The Morgan fingerprint density at radius 3 is 2.33 bits per heavy atom. The molecular formula is C20H22N2O5. The van der Waals surface area contributed by atoms with Gasteiger partial charge in [0.15, 0.2) is 17.6 Å². The molecule has 0 bridgehead atoms. The SMILES string of the molecule is C=CCOc1ccccc1C(=O)NNC(=O)C(C)Oc1ccccc1OC. The minimum atomic E-state index is -0.853. The van der Waals surface area contributed by atoms with Crippen molar-refractivity contribution in [2.24, 2.45) is 0 Å². The fourth-order valence-corrected chi connectivity index (χ4v) is 2.18. The third kappa shape index (κ3) is 5.50. The van der Waals surface area contributed by atoms with Gasteiger partial charge in [-0.2, -0.15) is 0 Å². The van der Waals surface area contributed by atoms with Crippen LogP contribution in [0.3, 0.4) is 0 Å². The van der Waals surface area contributed by atoms with Gasteiger partial charge in [-0.25, -0.2) is 0 Å². The van der Waals surface area contributed by atoms with E-state index < -0.39 is 17.9 Å². The summed E-state index contributed by atoms with van der Waals surface area (Å²) in [6, 6.07) is 13.7. The maximum Gasteiger partial charge on any atom is 0.279 e. The number of amides is 2. The number of nitrogens with one attached hydrogen (secondary N) is 2. The molecule has 0 aliphatic heterocycles. The maximum absolute atomic E-state index is 12.3. The third-order valence-corrected chi connectivity index (χ3v) is 3.53. The van der Waals surface area contributed by atoms with Gasteiger partial charge in [0.1, 0.15) is 12.4 Å². The number of ether oxygens (including phenoxy) is 3. The molecule has 0 fully saturated rings. The molecule has 0 saturated heterocycles. The van der Waals surface area contributed by atoms with E-state index in [0.29, 0.717) is 17.2 Å². The van der Waals surface area contributed by atoms with Gasteiger partial charge in [-0.15, -0.1) is 0 Å². The zero-order valence-electron chi connectivity index (χ0n) is 15.2. The fourth-order valence-electron chi connectivity index (χ4n) is 2.18. The molecule has 2 rings (SSSR count). The van der Waals surface area contributed by atoms with Crippen molar-refractivity contribution in [2.45, 2.75) is 13.0 Å². The first-order valence-electron chi connectivity index (χ1n) is 8.29. The Morgan fingerprint density at radius 1 is 1.04 bits per heavy atom. The molecule has 0 aliphatic rings. The van der Waals surface area contributed by atoms with Crippen molar-refractivity contribution >= 4 is 11.8 Å². The van der Waals surface area contributed by atoms with Crippen LogP contribution in [0, 0.1) is 0 Å². The van der Waals surface area contributed by atoms with Crippen LogP contribution >= 0.6 is 0 Å². The van der Waals surface area contributed by atoms with Crippen LogP contribution in [0.15, 0.2) is 61.2 Å². The molecule has 2 amide bonds. The lowest BCUT2D eigenvalue weighted by atomic mass is 10.2. The average Bonchev–Trinajstić information content (AvgIpc) is 2.70. The van der Waals surface area contributed by atoms with Crippen LogP contribution < -0.4 is 25.1 Å². The van der Waals surface area contributed by atoms with E-state index in [4.69, 9.17) is 14.2 Å². The molecule has 1 unspecified atom stereocenters. The van der Waals surface area contributed by atoms with Gasteiger partial charge in [0.05, 0.1) is 12.7 Å². The van der Waals surface area contributed by atoms with Gasteiger partial charge in [-0.3, -0.25) is 20.4 Å². The second kappa shape index (κ2) is 9.86. The second-order valence-electron chi connectivity index (χ2n) is 5.45. The predicted molar refractivity (Wildman–Crippen MR) is 101 cm³/mol. The summed E-state index contributed by atoms with van der Waals surface area (Å²) in [5, 5.41) is 0. The van der Waals surface area contributed by atoms with Crippen LogP contribution in [0.5, 0.6) is 17.2 Å². The number of benzene rings is 2. The van der Waals surface area contributed by atoms with E-state index in [0.717, 1.165) is 0 Å². The Balaban J connectivity index is 1.94. The van der Waals surface area contributed by atoms with Gasteiger partial charge in [0.25, 0.3) is 11.8 Å². The Labute approximate surface area is 157 Å². The summed E-state index contributed by atoms with van der Waals surface area (Å²) < 4.78 is 16.2. The van der Waals surface area contributed by atoms with Crippen LogP contribution in [0.25, 0.3) is 0 Å². The number of hydrogen-bond acceptors (Lipinski definition) is 5. The zero-order valence-corrected chi connectivity index (χ0v) is 15.2. The summed E-state index contributed by atoms with van der Waals surface area (Å²) in [5.74, 6) is 0.306. The lowest BCUT2D eigenvalue weighted by molar-refractivity contribution is -0.128. The van der Waals surface area contributed by atoms with Gasteiger partial charge < -0.3 is 14.2 Å². The summed E-state index contributed by atoms with van der Waals surface area (Å²) in [6.07, 6.45) is 0.724. The van der Waals surface area contributed by atoms with Gasteiger partial charge in [-0.1, -0.05) is 36.9 Å². The Morgan fingerprint density at radius 2 is 1.67 bits per heavy atom. The van der Waals surface area contributed by atoms with Crippen LogP contribution in [0.1, 0.15) is 17.3 Å². The van der Waals surface area contributed by atoms with Crippen molar-refractivity contribution in [3.05, 3.63) is 66.7 Å². The lowest BCUT2D eigenvalue weighted by Gasteiger charge is -2.17. The number of carbonyl (C=O) groups is 2. The van der Waals surface area contributed by atoms with E-state index in [-0.39, 0.29) is 12.2 Å². The normalized spacial score (nSPS) is 11.0. The molecule has 0 radical (unpaired) electrons. The highest BCUT2D eigenvalue weighted by molar-refractivity contribution is 5.98. The number of hydrazine groups is 1. The summed E-state index contributed by atoms with van der Waals surface area (Å²) in [5.41, 5.74) is 4.99. The van der Waals surface area contributed by atoms with Crippen molar-refractivity contribution in [2.75, 3.05) is 13.7 Å². The van der Waals surface area contributed by atoms with Crippen molar-refractivity contribution in [1.29, 1.82) is 0 Å². The first kappa shape index (κ1) is 19.8. The molecule has 0 saturated carbocycles. The molecule has 2 aromatic carbocycles. The summed E-state index contributed by atoms with van der Waals surface area (Å²) in [6.45, 7) is 5.40. The van der Waals surface area contributed by atoms with Gasteiger partial charge in [-0.05, 0) is 31.2 Å². The molecule has 7 heteroatoms. The Bertz CT molecular complexity index is 806. The van der Waals surface area contributed by atoms with Crippen LogP contribution in [-0.2, 0) is 4.79 Å². The first-order chi connectivity index (χ1) is 13.1. The van der Waals surface area contributed by atoms with Crippen molar-refractivity contribution in [3.63, 3.8) is 0 Å². The van der Waals surface area contributed by atoms with E-state index in [9.17, 15) is 9.59 Å². The molecule has 142 valence electrons. The number of rotatable bonds is 8. The summed E-state index contributed by atoms with van der Waals surface area (Å²) in [4.78, 5) is 24.5. The molecule has 0 heterocycles. The van der Waals surface area contributed by atoms with Crippen LogP contribution in [-0.4, -0.2) is 31.6 Å². The second-order valence-corrected chi connectivity index (χ2v) is 5.45. The highest BCUT2D eigenvalue weighted by Crippen LogP contribution is 2.26. The molecule has 2 N–H and O–H groups in total. The average molecular weight is 370 g/mol. The first-order valence-corrected chi connectivity index (χ1v) is 8.29. The molecule has 0 aliphatic carbocycles. The van der Waals surface area contributed by atoms with Gasteiger partial charge in [0, 0.05) is 0 Å². The molecular weight excluding hydrogens is 348 g/mol. The van der Waals surface area contributed by atoms with Crippen LogP contribution in [0.2, 0.25) is 0 Å². The number of para-hydroxylation sites is 3. The molecule has 7 nitrogen and oxygen atoms in total. The number of carbonyl (C=O) groups excluding carboxylic acids is 2. The summed E-state index contributed by atoms with van der Waals surface area (Å²) in [7, 11) is 1.51. The van der Waals surface area contributed by atoms with Crippen LogP contribution in [0.4, 0.5) is 0 Å². The molecule has 27 heavy (non-hydrogen) atoms. The molecule has 2 aromatic rings. The fraction of sp³-hybridized carbons (Fsp3) is 0.200. The highest BCUT2D eigenvalue weighted by Gasteiger charge is 2.18. The van der Waals surface area contributed by atoms with Crippen molar-refractivity contribution < 1.29 is 23.8 Å². The minimum Gasteiger partial charge on any atom is -0.493 e. The molecule has 0 aromatic heterocycles. The third-order valence-electron chi connectivity index (χ3n) is 3.53. The lowest BCUT2D eigenvalue weighted by Crippen LogP contribution is -2.47. The minimum absolute atomic E-state index is 0.264. The van der Waals surface area contributed by atoms with E-state index >= 15 is 0 Å². The van der Waals surface area contributed by atoms with Crippen molar-refractivity contribution in [1.82, 2.24) is 10.9 Å².